The number of ether oxygens (including phenoxy) is 2. The number of rotatable bonds is 2. The fourth-order valence-electron chi connectivity index (χ4n) is 4.35. The van der Waals surface area contributed by atoms with E-state index in [1.807, 2.05) is 78.6 Å². The molecule has 0 unspecified atom stereocenters. The molecule has 2 amide bonds. The number of para-hydroxylation sites is 2. The Labute approximate surface area is 199 Å². The standard InChI is InChI=1S/C27H28N4O3/c1-18-8-10-20(11-9-18)28-27(32)31-15-14-30(17-19(31)2)26-22-16-21(33-3)12-13-24(22)34-25-7-5-4-6-23(25)29-26/h4-13,16,19H,14-15,17H2,1-3H3,(H,28,32)/t19-/m0/s1. The molecular weight excluding hydrogens is 428 g/mol. The number of nitrogens with zero attached hydrogens (tertiary/aromatic N) is 3. The molecule has 2 heterocycles. The van der Waals surface area contributed by atoms with Gasteiger partial charge < -0.3 is 24.6 Å². The zero-order valence-electron chi connectivity index (χ0n) is 19.6. The van der Waals surface area contributed by atoms with Gasteiger partial charge in [0.1, 0.15) is 23.0 Å². The van der Waals surface area contributed by atoms with Gasteiger partial charge in [-0.15, -0.1) is 0 Å². The predicted octanol–water partition coefficient (Wildman–Crippen LogP) is 5.43. The van der Waals surface area contributed by atoms with Gasteiger partial charge in [-0.3, -0.25) is 0 Å². The lowest BCUT2D eigenvalue weighted by Gasteiger charge is -2.41. The first-order valence-corrected chi connectivity index (χ1v) is 11.4. The van der Waals surface area contributed by atoms with Crippen LogP contribution in [0.1, 0.15) is 18.1 Å². The Bertz CT molecular complexity index is 1240. The highest BCUT2D eigenvalue weighted by atomic mass is 16.5. The Morgan fingerprint density at radius 1 is 1.06 bits per heavy atom. The summed E-state index contributed by atoms with van der Waals surface area (Å²) in [6, 6.07) is 21.3. The number of carbonyl (C=O) groups excluding carboxylic acids is 1. The van der Waals surface area contributed by atoms with Crippen molar-refractivity contribution >= 4 is 23.2 Å². The number of benzene rings is 3. The van der Waals surface area contributed by atoms with E-state index in [4.69, 9.17) is 14.5 Å². The second-order valence-corrected chi connectivity index (χ2v) is 8.65. The van der Waals surface area contributed by atoms with Crippen molar-refractivity contribution in [2.75, 3.05) is 32.1 Å². The maximum absolute atomic E-state index is 13.0. The second-order valence-electron chi connectivity index (χ2n) is 8.65. The number of fused-ring (bicyclic) bond motifs is 2. The molecule has 3 aromatic carbocycles. The number of aryl methyl sites for hydroxylation is 1. The van der Waals surface area contributed by atoms with Crippen LogP contribution in [0.2, 0.25) is 0 Å². The number of urea groups is 1. The van der Waals surface area contributed by atoms with Crippen LogP contribution in [0.25, 0.3) is 0 Å². The molecule has 1 saturated heterocycles. The van der Waals surface area contributed by atoms with Crippen LogP contribution in [0.4, 0.5) is 16.2 Å². The normalized spacial score (nSPS) is 17.0. The van der Waals surface area contributed by atoms with E-state index >= 15 is 0 Å². The summed E-state index contributed by atoms with van der Waals surface area (Å²) in [4.78, 5) is 22.1. The van der Waals surface area contributed by atoms with Gasteiger partial charge in [0.15, 0.2) is 5.75 Å². The number of anilines is 1. The molecule has 1 fully saturated rings. The molecule has 2 aliphatic heterocycles. The molecule has 1 atom stereocenters. The van der Waals surface area contributed by atoms with Crippen LogP contribution in [0.5, 0.6) is 17.2 Å². The number of hydrogen-bond donors (Lipinski definition) is 1. The number of aliphatic imine (C=N–C) groups is 1. The largest absolute Gasteiger partial charge is 0.497 e. The molecule has 0 radical (unpaired) electrons. The lowest BCUT2D eigenvalue weighted by molar-refractivity contribution is 0.145. The Kier molecular flexibility index (Phi) is 5.84. The van der Waals surface area contributed by atoms with Gasteiger partial charge >= 0.3 is 6.03 Å². The van der Waals surface area contributed by atoms with Crippen LogP contribution in [0.15, 0.2) is 71.7 Å². The zero-order valence-corrected chi connectivity index (χ0v) is 19.6. The van der Waals surface area contributed by atoms with E-state index in [0.717, 1.165) is 39.8 Å². The predicted molar refractivity (Wildman–Crippen MR) is 134 cm³/mol. The molecule has 0 aromatic heterocycles. The van der Waals surface area contributed by atoms with Crippen LogP contribution >= 0.6 is 0 Å². The average molecular weight is 457 g/mol. The van der Waals surface area contributed by atoms with Crippen LogP contribution in [0.3, 0.4) is 0 Å². The first-order chi connectivity index (χ1) is 16.5. The Hall–Kier alpha value is -4.00. The summed E-state index contributed by atoms with van der Waals surface area (Å²) in [5.74, 6) is 3.01. The summed E-state index contributed by atoms with van der Waals surface area (Å²) >= 11 is 0. The molecule has 3 aromatic rings. The molecule has 2 aliphatic rings. The highest BCUT2D eigenvalue weighted by Gasteiger charge is 2.31. The minimum absolute atomic E-state index is 0.00429. The number of amides is 2. The highest BCUT2D eigenvalue weighted by Crippen LogP contribution is 2.39. The van der Waals surface area contributed by atoms with Crippen LogP contribution < -0.4 is 14.8 Å². The Morgan fingerprint density at radius 3 is 2.62 bits per heavy atom. The average Bonchev–Trinajstić information content (AvgIpc) is 3.01. The van der Waals surface area contributed by atoms with Crippen molar-refractivity contribution in [3.63, 3.8) is 0 Å². The van der Waals surface area contributed by atoms with Crippen molar-refractivity contribution in [2.45, 2.75) is 19.9 Å². The van der Waals surface area contributed by atoms with Crippen molar-refractivity contribution in [1.29, 1.82) is 0 Å². The molecule has 0 spiro atoms. The maximum Gasteiger partial charge on any atom is 0.322 e. The molecule has 7 heteroatoms. The SMILES string of the molecule is COc1ccc2c(c1)C(N1CCN(C(=O)Nc3ccc(C)cc3)[C@@H](C)C1)=Nc1ccccc1O2. The zero-order chi connectivity index (χ0) is 23.7. The van der Waals surface area contributed by atoms with Gasteiger partial charge in [0.05, 0.1) is 12.7 Å². The molecule has 7 nitrogen and oxygen atoms in total. The maximum atomic E-state index is 13.0. The number of methoxy groups -OCH3 is 1. The minimum atomic E-state index is -0.0884. The third kappa shape index (κ3) is 4.29. The minimum Gasteiger partial charge on any atom is -0.497 e. The summed E-state index contributed by atoms with van der Waals surface area (Å²) < 4.78 is 11.7. The summed E-state index contributed by atoms with van der Waals surface area (Å²) in [5, 5.41) is 3.02. The van der Waals surface area contributed by atoms with Crippen molar-refractivity contribution in [1.82, 2.24) is 9.80 Å². The van der Waals surface area contributed by atoms with Crippen molar-refractivity contribution in [3.8, 4) is 17.2 Å². The molecule has 1 N–H and O–H groups in total. The summed E-state index contributed by atoms with van der Waals surface area (Å²) in [6.07, 6.45) is 0. The molecule has 5 rings (SSSR count). The molecule has 0 bridgehead atoms. The monoisotopic (exact) mass is 456 g/mol. The van der Waals surface area contributed by atoms with Crippen molar-refractivity contribution in [2.24, 2.45) is 4.99 Å². The quantitative estimate of drug-likeness (QED) is 0.559. The molecular formula is C27H28N4O3. The number of hydrogen-bond acceptors (Lipinski definition) is 5. The molecule has 0 aliphatic carbocycles. The molecule has 174 valence electrons. The number of carbonyl (C=O) groups is 1. The first-order valence-electron chi connectivity index (χ1n) is 11.4. The van der Waals surface area contributed by atoms with E-state index in [2.05, 4.69) is 17.1 Å². The third-order valence-corrected chi connectivity index (χ3v) is 6.23. The van der Waals surface area contributed by atoms with Crippen LogP contribution in [0, 0.1) is 6.92 Å². The number of nitrogens with one attached hydrogen (secondary N) is 1. The highest BCUT2D eigenvalue weighted by molar-refractivity contribution is 6.04. The van der Waals surface area contributed by atoms with E-state index in [0.29, 0.717) is 25.4 Å². The fraction of sp³-hybridized carbons (Fsp3) is 0.259. The van der Waals surface area contributed by atoms with Gasteiger partial charge in [-0.25, -0.2) is 9.79 Å². The number of piperazine rings is 1. The van der Waals surface area contributed by atoms with E-state index in [9.17, 15) is 4.79 Å². The van der Waals surface area contributed by atoms with E-state index in [-0.39, 0.29) is 12.1 Å². The summed E-state index contributed by atoms with van der Waals surface area (Å²) in [5.41, 5.74) is 3.61. The van der Waals surface area contributed by atoms with Gasteiger partial charge in [-0.05, 0) is 56.3 Å². The molecule has 0 saturated carbocycles. The molecule has 34 heavy (non-hydrogen) atoms. The van der Waals surface area contributed by atoms with E-state index in [1.165, 1.54) is 0 Å². The number of amidine groups is 1. The summed E-state index contributed by atoms with van der Waals surface area (Å²) in [7, 11) is 1.65. The Morgan fingerprint density at radius 2 is 1.85 bits per heavy atom. The lowest BCUT2D eigenvalue weighted by Crippen LogP contribution is -2.56. The van der Waals surface area contributed by atoms with Crippen molar-refractivity contribution < 1.29 is 14.3 Å². The first kappa shape index (κ1) is 21.8. The third-order valence-electron chi connectivity index (χ3n) is 6.23. The van der Waals surface area contributed by atoms with E-state index < -0.39 is 0 Å². The van der Waals surface area contributed by atoms with Gasteiger partial charge in [0.25, 0.3) is 0 Å². The van der Waals surface area contributed by atoms with Crippen LogP contribution in [-0.2, 0) is 0 Å². The van der Waals surface area contributed by atoms with Gasteiger partial charge in [-0.1, -0.05) is 29.8 Å². The summed E-state index contributed by atoms with van der Waals surface area (Å²) in [6.45, 7) is 5.98. The second kappa shape index (κ2) is 9.09. The topological polar surface area (TPSA) is 66.4 Å². The van der Waals surface area contributed by atoms with Gasteiger partial charge in [0.2, 0.25) is 0 Å². The van der Waals surface area contributed by atoms with Crippen molar-refractivity contribution in [3.05, 3.63) is 77.9 Å². The fourth-order valence-corrected chi connectivity index (χ4v) is 4.35. The van der Waals surface area contributed by atoms with Gasteiger partial charge in [0, 0.05) is 31.4 Å². The lowest BCUT2D eigenvalue weighted by atomic mass is 10.1. The van der Waals surface area contributed by atoms with Crippen LogP contribution in [-0.4, -0.2) is 54.5 Å². The van der Waals surface area contributed by atoms with E-state index in [1.54, 1.807) is 7.11 Å². The van der Waals surface area contributed by atoms with Gasteiger partial charge in [-0.2, -0.15) is 0 Å². The smallest absolute Gasteiger partial charge is 0.322 e. The Balaban J connectivity index is 1.40.